The van der Waals surface area contributed by atoms with Gasteiger partial charge in [0.05, 0.1) is 5.52 Å². The molecule has 0 spiro atoms. The lowest BCUT2D eigenvalue weighted by molar-refractivity contribution is -0.0987. The summed E-state index contributed by atoms with van der Waals surface area (Å²) in [6.07, 6.45) is 1.81. The third-order valence-corrected chi connectivity index (χ3v) is 1.51. The lowest BCUT2D eigenvalue weighted by Gasteiger charge is -1.91. The molecule has 0 amide bonds. The van der Waals surface area contributed by atoms with E-state index in [0.717, 1.165) is 5.52 Å². The zero-order valence-corrected chi connectivity index (χ0v) is 7.72. The smallest absolute Gasteiger partial charge is 0.106 e. The van der Waals surface area contributed by atoms with Gasteiger partial charge in [-0.1, -0.05) is 24.3 Å². The average Bonchev–Trinajstić information content (AvgIpc) is 2.34. The van der Waals surface area contributed by atoms with Crippen molar-refractivity contribution in [1.29, 1.82) is 0 Å². The minimum absolute atomic E-state index is 1.06. The number of nitrogens with zero attached hydrogens (tertiary/aromatic N) is 1. The Labute approximate surface area is 82.4 Å². The Morgan fingerprint density at radius 3 is 2.07 bits per heavy atom. The molecule has 14 heavy (non-hydrogen) atoms. The van der Waals surface area contributed by atoms with E-state index in [0.29, 0.717) is 0 Å². The number of carbonyl (C=O) groups is 2. The zero-order valence-electron chi connectivity index (χ0n) is 7.72. The Morgan fingerprint density at radius 2 is 1.43 bits per heavy atom. The van der Waals surface area contributed by atoms with Crippen LogP contribution in [0.2, 0.25) is 0 Å². The second-order valence-corrected chi connectivity index (χ2v) is 2.20. The predicted octanol–water partition coefficient (Wildman–Crippen LogP) is 1.86. The Balaban J connectivity index is 0.000000379. The summed E-state index contributed by atoms with van der Waals surface area (Å²) in [6, 6.07) is 12.1. The van der Waals surface area contributed by atoms with Crippen molar-refractivity contribution in [2.45, 2.75) is 0 Å². The lowest BCUT2D eigenvalue weighted by atomic mass is 10.2. The van der Waals surface area contributed by atoms with E-state index < -0.39 is 0 Å². The van der Waals surface area contributed by atoms with Gasteiger partial charge < -0.3 is 9.59 Å². The molecule has 0 fully saturated rings. The molecule has 3 heteroatoms. The van der Waals surface area contributed by atoms with Crippen LogP contribution in [0.1, 0.15) is 0 Å². The van der Waals surface area contributed by atoms with Gasteiger partial charge in [-0.05, 0) is 12.1 Å². The molecule has 1 aromatic carbocycles. The number of carbonyl (C=O) groups excluding carboxylic acids is 2. The fraction of sp³-hybridized carbons (Fsp3) is 0. The van der Waals surface area contributed by atoms with Crippen molar-refractivity contribution in [2.24, 2.45) is 0 Å². The summed E-state index contributed by atoms with van der Waals surface area (Å²) < 4.78 is 0. The maximum atomic E-state index is 8.00. The van der Waals surface area contributed by atoms with E-state index in [4.69, 9.17) is 9.59 Å². The molecule has 2 aromatic rings. The van der Waals surface area contributed by atoms with Crippen LogP contribution in [0.4, 0.5) is 0 Å². The Hall–Kier alpha value is -2.03. The van der Waals surface area contributed by atoms with Crippen LogP contribution in [-0.4, -0.2) is 18.6 Å². The van der Waals surface area contributed by atoms with Crippen molar-refractivity contribution in [3.05, 3.63) is 42.6 Å². The molecule has 0 unspecified atom stereocenters. The molecule has 0 aliphatic carbocycles. The number of hydrogen-bond acceptors (Lipinski definition) is 3. The van der Waals surface area contributed by atoms with Crippen LogP contribution in [0.3, 0.4) is 0 Å². The fourth-order valence-electron chi connectivity index (χ4n) is 1.02. The quantitative estimate of drug-likeness (QED) is 0.635. The van der Waals surface area contributed by atoms with Crippen LogP contribution in [0.5, 0.6) is 0 Å². The summed E-state index contributed by atoms with van der Waals surface area (Å²) >= 11 is 0. The minimum Gasteiger partial charge on any atom is -0.307 e. The maximum absolute atomic E-state index is 8.00. The van der Waals surface area contributed by atoms with Crippen molar-refractivity contribution in [1.82, 2.24) is 4.98 Å². The third kappa shape index (κ3) is 3.15. The largest absolute Gasteiger partial charge is 0.307 e. The highest BCUT2D eigenvalue weighted by atomic mass is 16.1. The molecule has 0 aliphatic rings. The number of benzene rings is 1. The number of fused-ring (bicyclic) bond motifs is 1. The van der Waals surface area contributed by atoms with Crippen molar-refractivity contribution < 1.29 is 9.59 Å². The number of pyridine rings is 1. The summed E-state index contributed by atoms with van der Waals surface area (Å²) in [5.41, 5.74) is 1.06. The summed E-state index contributed by atoms with van der Waals surface area (Å²) in [5.74, 6) is 0. The van der Waals surface area contributed by atoms with Crippen molar-refractivity contribution in [2.75, 3.05) is 0 Å². The first kappa shape index (κ1) is 12.0. The minimum atomic E-state index is 1.06. The Kier molecular flexibility index (Phi) is 6.51. The molecule has 0 radical (unpaired) electrons. The van der Waals surface area contributed by atoms with Crippen molar-refractivity contribution in [3.8, 4) is 0 Å². The number of rotatable bonds is 0. The summed E-state index contributed by atoms with van der Waals surface area (Å²) in [5, 5.41) is 1.20. The second kappa shape index (κ2) is 7.61. The second-order valence-electron chi connectivity index (χ2n) is 2.20. The molecule has 0 saturated heterocycles. The molecule has 2 rings (SSSR count). The fourth-order valence-corrected chi connectivity index (χ4v) is 1.02. The van der Waals surface area contributed by atoms with Crippen LogP contribution in [-0.2, 0) is 9.59 Å². The SMILES string of the molecule is C=O.C=O.c1ccc2ncccc2c1. The molecule has 0 atom stereocenters. The summed E-state index contributed by atoms with van der Waals surface area (Å²) in [6.45, 7) is 4.00. The topological polar surface area (TPSA) is 47.0 Å². The van der Waals surface area contributed by atoms with Gasteiger partial charge in [0, 0.05) is 11.6 Å². The molecule has 3 nitrogen and oxygen atoms in total. The average molecular weight is 189 g/mol. The first-order chi connectivity index (χ1) is 6.97. The Morgan fingerprint density at radius 1 is 0.857 bits per heavy atom. The molecule has 72 valence electrons. The van der Waals surface area contributed by atoms with E-state index in [9.17, 15) is 0 Å². The molecular formula is C11H11NO2. The lowest BCUT2D eigenvalue weighted by Crippen LogP contribution is -1.73. The molecule has 0 aliphatic heterocycles. The molecule has 0 bridgehead atoms. The van der Waals surface area contributed by atoms with Gasteiger partial charge in [-0.2, -0.15) is 0 Å². The molecule has 0 saturated carbocycles. The van der Waals surface area contributed by atoms with E-state index >= 15 is 0 Å². The molecule has 1 heterocycles. The number of para-hydroxylation sites is 1. The van der Waals surface area contributed by atoms with E-state index in [-0.39, 0.29) is 0 Å². The van der Waals surface area contributed by atoms with Gasteiger partial charge in [0.15, 0.2) is 0 Å². The number of hydrogen-bond donors (Lipinski definition) is 0. The van der Waals surface area contributed by atoms with Crippen LogP contribution in [0.15, 0.2) is 42.6 Å². The van der Waals surface area contributed by atoms with Crippen LogP contribution < -0.4 is 0 Å². The van der Waals surface area contributed by atoms with Crippen LogP contribution in [0, 0.1) is 0 Å². The maximum Gasteiger partial charge on any atom is 0.106 e. The first-order valence-corrected chi connectivity index (χ1v) is 3.84. The predicted molar refractivity (Wildman–Crippen MR) is 56.0 cm³/mol. The van der Waals surface area contributed by atoms with Gasteiger partial charge >= 0.3 is 0 Å². The van der Waals surface area contributed by atoms with Gasteiger partial charge in [-0.3, -0.25) is 4.98 Å². The first-order valence-electron chi connectivity index (χ1n) is 3.84. The highest BCUT2D eigenvalue weighted by molar-refractivity contribution is 5.77. The number of aromatic nitrogens is 1. The van der Waals surface area contributed by atoms with Gasteiger partial charge in [-0.25, -0.2) is 0 Å². The van der Waals surface area contributed by atoms with Gasteiger partial charge in [-0.15, -0.1) is 0 Å². The summed E-state index contributed by atoms with van der Waals surface area (Å²) in [7, 11) is 0. The highest BCUT2D eigenvalue weighted by Gasteiger charge is 1.86. The van der Waals surface area contributed by atoms with Crippen molar-refractivity contribution >= 4 is 24.5 Å². The monoisotopic (exact) mass is 189 g/mol. The van der Waals surface area contributed by atoms with Crippen molar-refractivity contribution in [3.63, 3.8) is 0 Å². The van der Waals surface area contributed by atoms with Gasteiger partial charge in [0.2, 0.25) is 0 Å². The van der Waals surface area contributed by atoms with Crippen LogP contribution >= 0.6 is 0 Å². The zero-order chi connectivity index (χ0) is 10.8. The molecule has 0 N–H and O–H groups in total. The van der Waals surface area contributed by atoms with Crippen LogP contribution in [0.25, 0.3) is 10.9 Å². The molecule has 1 aromatic heterocycles. The van der Waals surface area contributed by atoms with E-state index in [2.05, 4.69) is 17.1 Å². The Bertz CT molecular complexity index is 309. The normalized spacial score (nSPS) is 7.71. The van der Waals surface area contributed by atoms with E-state index in [1.807, 2.05) is 44.0 Å². The summed E-state index contributed by atoms with van der Waals surface area (Å²) in [4.78, 5) is 20.2. The highest BCUT2D eigenvalue weighted by Crippen LogP contribution is 2.07. The van der Waals surface area contributed by atoms with E-state index in [1.54, 1.807) is 0 Å². The van der Waals surface area contributed by atoms with Gasteiger partial charge in [0.25, 0.3) is 0 Å². The van der Waals surface area contributed by atoms with Gasteiger partial charge in [0.1, 0.15) is 13.6 Å². The van der Waals surface area contributed by atoms with E-state index in [1.165, 1.54) is 5.39 Å². The standard InChI is InChI=1S/C9H7N.2CH2O/c1-2-6-9-8(4-1)5-3-7-10-9;2*1-2/h1-7H;2*1H2. The molecular weight excluding hydrogens is 178 g/mol. The third-order valence-electron chi connectivity index (χ3n) is 1.51.